The van der Waals surface area contributed by atoms with Crippen molar-refractivity contribution in [2.75, 3.05) is 0 Å². The molecule has 0 bridgehead atoms. The third-order valence-electron chi connectivity index (χ3n) is 5.26. The molecule has 1 aromatic carbocycles. The lowest BCUT2D eigenvalue weighted by Crippen LogP contribution is -2.38. The maximum Gasteiger partial charge on any atom is 0.251 e. The Morgan fingerprint density at radius 2 is 1.81 bits per heavy atom. The maximum absolute atomic E-state index is 12.7. The first-order chi connectivity index (χ1) is 13.1. The van der Waals surface area contributed by atoms with E-state index in [1.54, 1.807) is 24.6 Å². The highest BCUT2D eigenvalue weighted by Crippen LogP contribution is 2.30. The van der Waals surface area contributed by atoms with E-state index in [1.807, 2.05) is 24.3 Å². The molecule has 140 valence electrons. The summed E-state index contributed by atoms with van der Waals surface area (Å²) in [6, 6.07) is 10.9. The van der Waals surface area contributed by atoms with Gasteiger partial charge in [0.1, 0.15) is 5.58 Å². The van der Waals surface area contributed by atoms with E-state index < -0.39 is 12.3 Å². The molecule has 1 amide bonds. The molecule has 27 heavy (non-hydrogen) atoms. The van der Waals surface area contributed by atoms with Gasteiger partial charge in [-0.25, -0.2) is 8.78 Å². The summed E-state index contributed by atoms with van der Waals surface area (Å²) in [6.07, 6.45) is 3.18. The van der Waals surface area contributed by atoms with E-state index in [0.29, 0.717) is 31.2 Å². The van der Waals surface area contributed by atoms with Crippen molar-refractivity contribution in [2.45, 2.75) is 38.2 Å². The first-order valence-electron chi connectivity index (χ1n) is 9.13. The number of halogens is 2. The summed E-state index contributed by atoms with van der Waals surface area (Å²) in [5.41, 5.74) is 3.02. The van der Waals surface area contributed by atoms with Gasteiger partial charge in [-0.15, -0.1) is 0 Å². The molecular formula is C21H20F2N2O2. The molecule has 4 rings (SSSR count). The van der Waals surface area contributed by atoms with Gasteiger partial charge >= 0.3 is 0 Å². The number of carbonyl (C=O) groups is 1. The van der Waals surface area contributed by atoms with Crippen LogP contribution in [-0.2, 0) is 0 Å². The first-order valence-corrected chi connectivity index (χ1v) is 9.13. The Hall–Kier alpha value is -2.76. The van der Waals surface area contributed by atoms with Gasteiger partial charge in [-0.2, -0.15) is 0 Å². The molecule has 0 atom stereocenters. The molecule has 0 aliphatic heterocycles. The average Bonchev–Trinajstić information content (AvgIpc) is 3.17. The number of rotatable bonds is 4. The highest BCUT2D eigenvalue weighted by molar-refractivity contribution is 5.96. The number of pyridine rings is 1. The van der Waals surface area contributed by atoms with E-state index in [2.05, 4.69) is 10.3 Å². The lowest BCUT2D eigenvalue weighted by Gasteiger charge is -2.28. The van der Waals surface area contributed by atoms with Gasteiger partial charge in [-0.3, -0.25) is 9.78 Å². The van der Waals surface area contributed by atoms with E-state index >= 15 is 0 Å². The van der Waals surface area contributed by atoms with Gasteiger partial charge in [0.05, 0.1) is 12.0 Å². The summed E-state index contributed by atoms with van der Waals surface area (Å²) < 4.78 is 30.9. The molecule has 0 saturated heterocycles. The van der Waals surface area contributed by atoms with Gasteiger partial charge in [-0.05, 0) is 49.9 Å². The Morgan fingerprint density at radius 3 is 2.52 bits per heavy atom. The molecule has 1 aliphatic rings. The second-order valence-corrected chi connectivity index (χ2v) is 6.99. The zero-order valence-corrected chi connectivity index (χ0v) is 14.7. The van der Waals surface area contributed by atoms with Crippen molar-refractivity contribution in [3.63, 3.8) is 0 Å². The molecular weight excluding hydrogens is 350 g/mol. The van der Waals surface area contributed by atoms with Gasteiger partial charge in [0, 0.05) is 34.7 Å². The molecule has 0 unspecified atom stereocenters. The van der Waals surface area contributed by atoms with Crippen molar-refractivity contribution in [3.8, 4) is 11.3 Å². The number of furan rings is 1. The summed E-state index contributed by atoms with van der Waals surface area (Å²) in [4.78, 5) is 16.9. The van der Waals surface area contributed by atoms with Crippen LogP contribution in [0.25, 0.3) is 22.2 Å². The van der Waals surface area contributed by atoms with Crippen LogP contribution in [0.3, 0.4) is 0 Å². The van der Waals surface area contributed by atoms with Crippen molar-refractivity contribution in [1.82, 2.24) is 10.3 Å². The molecule has 3 aromatic rings. The van der Waals surface area contributed by atoms with Crippen molar-refractivity contribution < 1.29 is 18.0 Å². The van der Waals surface area contributed by atoms with Gasteiger partial charge in [-0.1, -0.05) is 12.1 Å². The number of nitrogens with zero attached hydrogens (tertiary/aromatic N) is 1. The minimum Gasteiger partial charge on any atom is -0.464 e. The lowest BCUT2D eigenvalue weighted by molar-refractivity contribution is 0.0499. The lowest BCUT2D eigenvalue weighted by atomic mass is 9.86. The third-order valence-corrected chi connectivity index (χ3v) is 5.26. The number of hydrogen-bond donors (Lipinski definition) is 1. The second kappa shape index (κ2) is 7.47. The summed E-state index contributed by atoms with van der Waals surface area (Å²) >= 11 is 0. The average molecular weight is 370 g/mol. The van der Waals surface area contributed by atoms with Crippen LogP contribution >= 0.6 is 0 Å². The number of hydrogen-bond acceptors (Lipinski definition) is 3. The molecule has 0 spiro atoms. The fourth-order valence-corrected chi connectivity index (χ4v) is 3.69. The first kappa shape index (κ1) is 17.6. The third kappa shape index (κ3) is 3.70. The number of amides is 1. The smallest absolute Gasteiger partial charge is 0.251 e. The van der Waals surface area contributed by atoms with E-state index in [4.69, 9.17) is 4.42 Å². The van der Waals surface area contributed by atoms with E-state index in [0.717, 1.165) is 22.2 Å². The molecule has 1 fully saturated rings. The monoisotopic (exact) mass is 370 g/mol. The second-order valence-electron chi connectivity index (χ2n) is 6.99. The van der Waals surface area contributed by atoms with Crippen LogP contribution in [0.5, 0.6) is 0 Å². The zero-order chi connectivity index (χ0) is 18.8. The quantitative estimate of drug-likeness (QED) is 0.699. The van der Waals surface area contributed by atoms with Crippen LogP contribution in [0, 0.1) is 5.92 Å². The van der Waals surface area contributed by atoms with Crippen molar-refractivity contribution in [1.29, 1.82) is 0 Å². The van der Waals surface area contributed by atoms with Crippen LogP contribution in [0.15, 0.2) is 53.3 Å². The van der Waals surface area contributed by atoms with Gasteiger partial charge in [0.25, 0.3) is 5.91 Å². The predicted molar refractivity (Wildman–Crippen MR) is 98.7 cm³/mol. The molecule has 0 radical (unpaired) electrons. The number of benzene rings is 1. The number of aromatic nitrogens is 1. The molecule has 2 aromatic heterocycles. The maximum atomic E-state index is 12.7. The van der Waals surface area contributed by atoms with Crippen molar-refractivity contribution in [3.05, 3.63) is 54.4 Å². The highest BCUT2D eigenvalue weighted by Gasteiger charge is 2.28. The predicted octanol–water partition coefficient (Wildman–Crippen LogP) is 5.05. The standard InChI is InChI=1S/C21H20F2N2O2/c22-20(23)14-5-7-16(8-6-14)25-21(26)15-3-1-13(2-4-15)19-17-10-12-27-18(17)9-11-24-19/h1-4,9-12,14,16,20H,5-8H2,(H,25,26)/t14-,16-. The van der Waals surface area contributed by atoms with Crippen LogP contribution in [0.1, 0.15) is 36.0 Å². The van der Waals surface area contributed by atoms with Crippen LogP contribution in [-0.4, -0.2) is 23.4 Å². The Bertz CT molecular complexity index is 929. The van der Waals surface area contributed by atoms with Gasteiger partial charge < -0.3 is 9.73 Å². The van der Waals surface area contributed by atoms with Crippen LogP contribution in [0.4, 0.5) is 8.78 Å². The molecule has 1 N–H and O–H groups in total. The van der Waals surface area contributed by atoms with Gasteiger partial charge in [0.2, 0.25) is 6.43 Å². The minimum absolute atomic E-state index is 0.0338. The van der Waals surface area contributed by atoms with Crippen LogP contribution in [0.2, 0.25) is 0 Å². The van der Waals surface area contributed by atoms with E-state index in [-0.39, 0.29) is 11.9 Å². The Labute approximate surface area is 155 Å². The van der Waals surface area contributed by atoms with Crippen molar-refractivity contribution in [2.24, 2.45) is 5.92 Å². The number of alkyl halides is 2. The molecule has 1 aliphatic carbocycles. The summed E-state index contributed by atoms with van der Waals surface area (Å²) in [6.45, 7) is 0. The summed E-state index contributed by atoms with van der Waals surface area (Å²) in [5.74, 6) is -0.702. The van der Waals surface area contributed by atoms with Gasteiger partial charge in [0.15, 0.2) is 0 Å². The summed E-state index contributed by atoms with van der Waals surface area (Å²) in [7, 11) is 0. The normalized spacial score (nSPS) is 20.1. The minimum atomic E-state index is -2.26. The fraction of sp³-hybridized carbons (Fsp3) is 0.333. The van der Waals surface area contributed by atoms with E-state index in [1.165, 1.54) is 0 Å². The fourth-order valence-electron chi connectivity index (χ4n) is 3.69. The largest absolute Gasteiger partial charge is 0.464 e. The number of carbonyl (C=O) groups excluding carboxylic acids is 1. The Balaban J connectivity index is 1.43. The van der Waals surface area contributed by atoms with Crippen molar-refractivity contribution >= 4 is 16.9 Å². The summed E-state index contributed by atoms with van der Waals surface area (Å²) in [5, 5.41) is 3.89. The molecule has 6 heteroatoms. The van der Waals surface area contributed by atoms with Crippen LogP contribution < -0.4 is 5.32 Å². The number of fused-ring (bicyclic) bond motifs is 1. The Morgan fingerprint density at radius 1 is 1.07 bits per heavy atom. The molecule has 2 heterocycles. The highest BCUT2D eigenvalue weighted by atomic mass is 19.3. The topological polar surface area (TPSA) is 55.1 Å². The molecule has 4 nitrogen and oxygen atoms in total. The SMILES string of the molecule is O=C(N[C@H]1CC[C@H](C(F)F)CC1)c1ccc(-c2nccc3occc23)cc1. The zero-order valence-electron chi connectivity index (χ0n) is 14.7. The molecule has 1 saturated carbocycles. The Kier molecular flexibility index (Phi) is 4.88. The van der Waals surface area contributed by atoms with E-state index in [9.17, 15) is 13.6 Å². The number of nitrogens with one attached hydrogen (secondary N) is 1.